The van der Waals surface area contributed by atoms with Gasteiger partial charge in [0.1, 0.15) is 9.77 Å². The molecule has 2 rings (SSSR count). The first kappa shape index (κ1) is 16.9. The monoisotopic (exact) mass is 396 g/mol. The number of ether oxygens (including phenoxy) is 1. The molecule has 21 heavy (non-hydrogen) atoms. The van der Waals surface area contributed by atoms with E-state index in [1.54, 1.807) is 7.05 Å². The fraction of sp³-hybridized carbons (Fsp3) is 0.583. The minimum Gasteiger partial charge on any atom is -0.465 e. The maximum absolute atomic E-state index is 12.6. The highest BCUT2D eigenvalue weighted by molar-refractivity contribution is 9.11. The lowest BCUT2D eigenvalue weighted by atomic mass is 10.2. The van der Waals surface area contributed by atoms with Crippen LogP contribution in [0.2, 0.25) is 0 Å². The molecule has 1 fully saturated rings. The lowest BCUT2D eigenvalue weighted by Gasteiger charge is -2.20. The smallest absolute Gasteiger partial charge is 0.348 e. The minimum absolute atomic E-state index is 0.105. The predicted octanol–water partition coefficient (Wildman–Crippen LogP) is 1.67. The third kappa shape index (κ3) is 3.65. The van der Waals surface area contributed by atoms with Gasteiger partial charge in [0, 0.05) is 19.6 Å². The summed E-state index contributed by atoms with van der Waals surface area (Å²) in [6.45, 7) is 1.34. The zero-order valence-corrected chi connectivity index (χ0v) is 15.0. The van der Waals surface area contributed by atoms with Crippen LogP contribution in [0.15, 0.2) is 14.7 Å². The molecule has 1 atom stereocenters. The standard InChI is InChI=1S/C12H17BrN2O4S2/c1-15(7-8-4-3-5-14-8)21(17,18)10-6-9(12(16)19-2)20-11(10)13/h6,8,14H,3-5,7H2,1-2H3. The Hall–Kier alpha value is -0.480. The summed E-state index contributed by atoms with van der Waals surface area (Å²) >= 11 is 4.28. The molecule has 1 unspecified atom stereocenters. The van der Waals surface area contributed by atoms with Gasteiger partial charge in [0.15, 0.2) is 0 Å². The van der Waals surface area contributed by atoms with E-state index in [0.29, 0.717) is 10.3 Å². The number of methoxy groups -OCH3 is 1. The van der Waals surface area contributed by atoms with Gasteiger partial charge >= 0.3 is 5.97 Å². The number of rotatable bonds is 5. The Morgan fingerprint density at radius 3 is 2.90 bits per heavy atom. The lowest BCUT2D eigenvalue weighted by Crippen LogP contribution is -2.38. The van der Waals surface area contributed by atoms with Gasteiger partial charge in [-0.15, -0.1) is 11.3 Å². The van der Waals surface area contributed by atoms with E-state index in [2.05, 4.69) is 26.0 Å². The van der Waals surface area contributed by atoms with E-state index in [4.69, 9.17) is 0 Å². The maximum Gasteiger partial charge on any atom is 0.348 e. The van der Waals surface area contributed by atoms with Gasteiger partial charge in [-0.05, 0) is 41.4 Å². The predicted molar refractivity (Wildman–Crippen MR) is 84.2 cm³/mol. The van der Waals surface area contributed by atoms with E-state index in [-0.39, 0.29) is 15.8 Å². The van der Waals surface area contributed by atoms with Crippen molar-refractivity contribution >= 4 is 43.3 Å². The normalized spacial score (nSPS) is 19.1. The second kappa shape index (κ2) is 6.74. The van der Waals surface area contributed by atoms with Gasteiger partial charge in [-0.25, -0.2) is 13.2 Å². The number of hydrogen-bond acceptors (Lipinski definition) is 6. The van der Waals surface area contributed by atoms with E-state index in [1.807, 2.05) is 0 Å². The van der Waals surface area contributed by atoms with Gasteiger partial charge in [0.05, 0.1) is 10.9 Å². The quantitative estimate of drug-likeness (QED) is 0.766. The van der Waals surface area contributed by atoms with Gasteiger partial charge in [-0.3, -0.25) is 0 Å². The van der Waals surface area contributed by atoms with Crippen molar-refractivity contribution in [2.75, 3.05) is 27.2 Å². The second-order valence-corrected chi connectivity index (χ2v) is 9.20. The van der Waals surface area contributed by atoms with Crippen molar-refractivity contribution in [1.29, 1.82) is 0 Å². The van der Waals surface area contributed by atoms with Crippen LogP contribution in [-0.2, 0) is 14.8 Å². The molecule has 0 spiro atoms. The van der Waals surface area contributed by atoms with Crippen LogP contribution in [0.5, 0.6) is 0 Å². The first-order chi connectivity index (χ1) is 9.86. The molecule has 0 saturated carbocycles. The molecule has 2 heterocycles. The van der Waals surface area contributed by atoms with Crippen LogP contribution in [0.1, 0.15) is 22.5 Å². The van der Waals surface area contributed by atoms with Crippen molar-refractivity contribution in [3.63, 3.8) is 0 Å². The second-order valence-electron chi connectivity index (χ2n) is 4.82. The number of carbonyl (C=O) groups is 1. The number of esters is 1. The first-order valence-corrected chi connectivity index (χ1v) is 9.48. The summed E-state index contributed by atoms with van der Waals surface area (Å²) in [5.74, 6) is -0.540. The Labute approximate surface area is 136 Å². The Morgan fingerprint density at radius 2 is 2.33 bits per heavy atom. The molecular formula is C12H17BrN2O4S2. The van der Waals surface area contributed by atoms with E-state index < -0.39 is 16.0 Å². The number of nitrogens with zero attached hydrogens (tertiary/aromatic N) is 1. The third-order valence-corrected chi connectivity index (χ3v) is 7.43. The molecule has 0 aromatic carbocycles. The first-order valence-electron chi connectivity index (χ1n) is 6.43. The fourth-order valence-corrected chi connectivity index (χ4v) is 5.86. The number of carbonyl (C=O) groups excluding carboxylic acids is 1. The topological polar surface area (TPSA) is 75.7 Å². The average molecular weight is 397 g/mol. The van der Waals surface area contributed by atoms with Crippen molar-refractivity contribution in [3.8, 4) is 0 Å². The molecule has 1 N–H and O–H groups in total. The molecular weight excluding hydrogens is 380 g/mol. The molecule has 1 aromatic heterocycles. The van der Waals surface area contributed by atoms with Crippen LogP contribution in [0.3, 0.4) is 0 Å². The zero-order valence-electron chi connectivity index (χ0n) is 11.8. The van der Waals surface area contributed by atoms with Crippen molar-refractivity contribution in [1.82, 2.24) is 9.62 Å². The van der Waals surface area contributed by atoms with Gasteiger partial charge in [-0.1, -0.05) is 0 Å². The maximum atomic E-state index is 12.6. The fourth-order valence-electron chi connectivity index (χ4n) is 2.22. The van der Waals surface area contributed by atoms with Crippen LogP contribution in [0.25, 0.3) is 0 Å². The van der Waals surface area contributed by atoms with E-state index >= 15 is 0 Å². The number of halogens is 1. The Bertz CT molecular complexity index is 623. The Morgan fingerprint density at radius 1 is 1.62 bits per heavy atom. The highest BCUT2D eigenvalue weighted by Crippen LogP contribution is 2.33. The molecule has 1 aromatic rings. The Balaban J connectivity index is 2.22. The number of nitrogens with one attached hydrogen (secondary N) is 1. The summed E-state index contributed by atoms with van der Waals surface area (Å²) in [7, 11) is -0.810. The van der Waals surface area contributed by atoms with Gasteiger partial charge in [0.25, 0.3) is 0 Å². The molecule has 1 aliphatic rings. The molecule has 1 saturated heterocycles. The number of sulfonamides is 1. The van der Waals surface area contributed by atoms with Crippen LogP contribution < -0.4 is 5.32 Å². The molecule has 118 valence electrons. The van der Waals surface area contributed by atoms with Gasteiger partial charge in [-0.2, -0.15) is 4.31 Å². The molecule has 0 amide bonds. The average Bonchev–Trinajstić information content (AvgIpc) is 3.07. The Kier molecular flexibility index (Phi) is 5.42. The van der Waals surface area contributed by atoms with Crippen molar-refractivity contribution in [2.24, 2.45) is 0 Å². The van der Waals surface area contributed by atoms with Crippen LogP contribution in [-0.4, -0.2) is 52.0 Å². The summed E-state index contributed by atoms with van der Waals surface area (Å²) in [6.07, 6.45) is 2.03. The van der Waals surface area contributed by atoms with E-state index in [0.717, 1.165) is 30.7 Å². The van der Waals surface area contributed by atoms with Crippen LogP contribution >= 0.6 is 27.3 Å². The van der Waals surface area contributed by atoms with E-state index in [1.165, 1.54) is 17.5 Å². The summed E-state index contributed by atoms with van der Waals surface area (Å²) in [5, 5.41) is 3.27. The molecule has 0 radical (unpaired) electrons. The molecule has 0 aliphatic carbocycles. The van der Waals surface area contributed by atoms with Gasteiger partial charge in [0.2, 0.25) is 10.0 Å². The lowest BCUT2D eigenvalue weighted by molar-refractivity contribution is 0.0606. The van der Waals surface area contributed by atoms with Crippen molar-refractivity contribution in [2.45, 2.75) is 23.8 Å². The number of likely N-dealkylation sites (N-methyl/N-ethyl adjacent to an activating group) is 1. The highest BCUT2D eigenvalue weighted by Gasteiger charge is 2.29. The SMILES string of the molecule is COC(=O)c1cc(S(=O)(=O)N(C)CC2CCCN2)c(Br)s1. The summed E-state index contributed by atoms with van der Waals surface area (Å²) in [6, 6.07) is 1.54. The van der Waals surface area contributed by atoms with Crippen molar-refractivity contribution < 1.29 is 17.9 Å². The highest BCUT2D eigenvalue weighted by atomic mass is 79.9. The van der Waals surface area contributed by atoms with E-state index in [9.17, 15) is 13.2 Å². The van der Waals surface area contributed by atoms with Gasteiger partial charge < -0.3 is 10.1 Å². The third-order valence-electron chi connectivity index (χ3n) is 3.37. The van der Waals surface area contributed by atoms with Crippen LogP contribution in [0, 0.1) is 0 Å². The summed E-state index contributed by atoms with van der Waals surface area (Å²) in [5.41, 5.74) is 0. The zero-order chi connectivity index (χ0) is 15.6. The molecule has 9 heteroatoms. The van der Waals surface area contributed by atoms with Crippen LogP contribution in [0.4, 0.5) is 0 Å². The minimum atomic E-state index is -3.63. The molecule has 0 bridgehead atoms. The number of hydrogen-bond donors (Lipinski definition) is 1. The molecule has 1 aliphatic heterocycles. The summed E-state index contributed by atoms with van der Waals surface area (Å²) < 4.78 is 31.5. The summed E-state index contributed by atoms with van der Waals surface area (Å²) in [4.78, 5) is 11.9. The number of thiophene rings is 1. The molecule has 6 nitrogen and oxygen atoms in total. The van der Waals surface area contributed by atoms with Crippen molar-refractivity contribution in [3.05, 3.63) is 14.7 Å². The largest absolute Gasteiger partial charge is 0.465 e.